The van der Waals surface area contributed by atoms with E-state index in [2.05, 4.69) is 0 Å². The predicted octanol–water partition coefficient (Wildman–Crippen LogP) is 6.84. The van der Waals surface area contributed by atoms with Crippen molar-refractivity contribution in [3.8, 4) is 23.0 Å². The van der Waals surface area contributed by atoms with Gasteiger partial charge in [0, 0.05) is 24.5 Å². The summed E-state index contributed by atoms with van der Waals surface area (Å²) in [6, 6.07) is 3.39. The number of Topliss-reactive ketones (excluding diaryl/α,β-unsaturated/α-hetero) is 1. The molecule has 2 aromatic rings. The summed E-state index contributed by atoms with van der Waals surface area (Å²) in [4.78, 5) is 22.8. The van der Waals surface area contributed by atoms with Crippen molar-refractivity contribution < 1.29 is 38.7 Å². The first-order chi connectivity index (χ1) is 18.0. The maximum absolute atomic E-state index is 11.7. The van der Waals surface area contributed by atoms with Gasteiger partial charge in [0.2, 0.25) is 0 Å². The van der Waals surface area contributed by atoms with Crippen molar-refractivity contribution in [2.75, 3.05) is 13.2 Å². The fourth-order valence-corrected chi connectivity index (χ4v) is 4.95. The second-order valence-corrected chi connectivity index (χ2v) is 10.1. The third-order valence-corrected chi connectivity index (χ3v) is 7.17. The van der Waals surface area contributed by atoms with E-state index >= 15 is 0 Å². The van der Waals surface area contributed by atoms with E-state index in [1.165, 1.54) is 6.92 Å². The Morgan fingerprint density at radius 3 is 2.34 bits per heavy atom. The summed E-state index contributed by atoms with van der Waals surface area (Å²) in [5.41, 5.74) is 4.97. The molecule has 0 aliphatic carbocycles. The molecule has 2 N–H and O–H groups in total. The second kappa shape index (κ2) is 12.4. The van der Waals surface area contributed by atoms with Gasteiger partial charge in [0.1, 0.15) is 23.0 Å². The van der Waals surface area contributed by atoms with Crippen LogP contribution in [0.1, 0.15) is 91.1 Å². The molecule has 0 radical (unpaired) electrons. The third kappa shape index (κ3) is 6.52. The fourth-order valence-electron chi connectivity index (χ4n) is 4.95. The molecule has 38 heavy (non-hydrogen) atoms. The Morgan fingerprint density at radius 2 is 1.71 bits per heavy atom. The van der Waals surface area contributed by atoms with Crippen LogP contribution in [0.5, 0.6) is 23.0 Å². The van der Waals surface area contributed by atoms with E-state index in [-0.39, 0.29) is 11.5 Å². The van der Waals surface area contributed by atoms with Crippen LogP contribution in [0.4, 0.5) is 4.79 Å². The molecule has 1 unspecified atom stereocenters. The van der Waals surface area contributed by atoms with Crippen molar-refractivity contribution in [1.82, 2.24) is 0 Å². The highest BCUT2D eigenvalue weighted by molar-refractivity contribution is 5.97. The lowest BCUT2D eigenvalue weighted by atomic mass is 9.91. The summed E-state index contributed by atoms with van der Waals surface area (Å²) < 4.78 is 23.2. The Balaban J connectivity index is 1.54. The minimum absolute atomic E-state index is 0.0285. The third-order valence-electron chi connectivity index (χ3n) is 7.17. The molecule has 0 aromatic heterocycles. The SMILES string of the molecule is CCCc1c(OCCCCCOc2c(C)c(C)c3c(c2C)CCC(C)(OC(=O)O)O3)ccc(C(C)=O)c1O. The molecule has 8 heteroatoms. The van der Waals surface area contributed by atoms with Gasteiger partial charge in [-0.25, -0.2) is 4.79 Å². The number of aromatic hydroxyl groups is 1. The lowest BCUT2D eigenvalue weighted by molar-refractivity contribution is -0.149. The van der Waals surface area contributed by atoms with Gasteiger partial charge >= 0.3 is 6.16 Å². The summed E-state index contributed by atoms with van der Waals surface area (Å²) >= 11 is 0. The smallest absolute Gasteiger partial charge is 0.507 e. The quantitative estimate of drug-likeness (QED) is 0.175. The van der Waals surface area contributed by atoms with Crippen LogP contribution in [0.25, 0.3) is 0 Å². The molecular weight excluding hydrogens is 488 g/mol. The Kier molecular flexibility index (Phi) is 9.52. The number of carboxylic acid groups (broad SMARTS) is 1. The maximum atomic E-state index is 11.7. The van der Waals surface area contributed by atoms with Gasteiger partial charge in [-0.3, -0.25) is 4.79 Å². The van der Waals surface area contributed by atoms with Gasteiger partial charge in [0.05, 0.1) is 18.8 Å². The van der Waals surface area contributed by atoms with E-state index in [1.54, 1.807) is 19.1 Å². The first-order valence-corrected chi connectivity index (χ1v) is 13.3. The van der Waals surface area contributed by atoms with Crippen molar-refractivity contribution in [1.29, 1.82) is 0 Å². The summed E-state index contributed by atoms with van der Waals surface area (Å²) in [6.45, 7) is 12.2. The van der Waals surface area contributed by atoms with E-state index in [0.29, 0.717) is 55.1 Å². The van der Waals surface area contributed by atoms with Crippen molar-refractivity contribution in [2.45, 2.75) is 92.3 Å². The maximum Gasteiger partial charge on any atom is 0.509 e. The van der Waals surface area contributed by atoms with Gasteiger partial charge in [-0.05, 0) is 88.6 Å². The van der Waals surface area contributed by atoms with Crippen LogP contribution in [-0.4, -0.2) is 41.2 Å². The number of ketones is 1. The molecule has 1 aliphatic rings. The lowest BCUT2D eigenvalue weighted by Crippen LogP contribution is -2.41. The van der Waals surface area contributed by atoms with Crippen LogP contribution in [0, 0.1) is 20.8 Å². The monoisotopic (exact) mass is 528 g/mol. The van der Waals surface area contributed by atoms with Crippen LogP contribution in [-0.2, 0) is 17.6 Å². The van der Waals surface area contributed by atoms with Crippen molar-refractivity contribution in [3.05, 3.63) is 45.5 Å². The summed E-state index contributed by atoms with van der Waals surface area (Å²) in [5, 5.41) is 19.6. The number of carbonyl (C=O) groups excluding carboxylic acids is 1. The van der Waals surface area contributed by atoms with E-state index in [9.17, 15) is 14.7 Å². The molecular formula is C30H40O8. The van der Waals surface area contributed by atoms with Gasteiger partial charge in [-0.2, -0.15) is 0 Å². The summed E-state index contributed by atoms with van der Waals surface area (Å²) in [7, 11) is 0. The van der Waals surface area contributed by atoms with E-state index in [1.807, 2.05) is 27.7 Å². The van der Waals surface area contributed by atoms with Crippen LogP contribution >= 0.6 is 0 Å². The average Bonchev–Trinajstić information content (AvgIpc) is 2.84. The number of fused-ring (bicyclic) bond motifs is 1. The van der Waals surface area contributed by atoms with Crippen molar-refractivity contribution in [3.63, 3.8) is 0 Å². The molecule has 1 heterocycles. The first kappa shape index (κ1) is 29.1. The molecule has 0 saturated heterocycles. The number of ether oxygens (including phenoxy) is 4. The van der Waals surface area contributed by atoms with Gasteiger partial charge in [0.25, 0.3) is 5.79 Å². The minimum Gasteiger partial charge on any atom is -0.507 e. The predicted molar refractivity (Wildman–Crippen MR) is 144 cm³/mol. The Labute approximate surface area is 224 Å². The number of benzene rings is 2. The standard InChI is InChI=1S/C30H40O8/c1-7-11-24-25(13-12-23(21(5)31)26(24)32)35-16-9-8-10-17-36-27-18(2)19(3)28-22(20(27)4)14-15-30(6,37-28)38-29(33)34/h12-13,32H,7-11,14-17H2,1-6H3,(H,33,34). The molecule has 0 amide bonds. The molecule has 2 aromatic carbocycles. The first-order valence-electron chi connectivity index (χ1n) is 13.3. The zero-order chi connectivity index (χ0) is 28.0. The molecule has 0 spiro atoms. The van der Waals surface area contributed by atoms with Crippen molar-refractivity contribution in [2.24, 2.45) is 0 Å². The Morgan fingerprint density at radius 1 is 1.03 bits per heavy atom. The highest BCUT2D eigenvalue weighted by Gasteiger charge is 2.38. The number of carbonyl (C=O) groups is 2. The number of hydrogen-bond acceptors (Lipinski definition) is 7. The topological polar surface area (TPSA) is 112 Å². The molecule has 208 valence electrons. The highest BCUT2D eigenvalue weighted by Crippen LogP contribution is 2.44. The molecule has 0 fully saturated rings. The molecule has 1 aliphatic heterocycles. The second-order valence-electron chi connectivity index (χ2n) is 10.1. The number of hydrogen-bond donors (Lipinski definition) is 2. The van der Waals surface area contributed by atoms with Crippen molar-refractivity contribution >= 4 is 11.9 Å². The number of unbranched alkanes of at least 4 members (excludes halogenated alkanes) is 2. The van der Waals surface area contributed by atoms with E-state index in [0.717, 1.165) is 53.7 Å². The van der Waals surface area contributed by atoms with Gasteiger partial charge < -0.3 is 29.2 Å². The van der Waals surface area contributed by atoms with Crippen LogP contribution < -0.4 is 14.2 Å². The number of phenols is 1. The molecule has 0 saturated carbocycles. The average molecular weight is 529 g/mol. The largest absolute Gasteiger partial charge is 0.509 e. The zero-order valence-corrected chi connectivity index (χ0v) is 23.4. The summed E-state index contributed by atoms with van der Waals surface area (Å²) in [6.07, 6.45) is 3.82. The minimum atomic E-state index is -1.35. The van der Waals surface area contributed by atoms with Crippen LogP contribution in [0.3, 0.4) is 0 Å². The van der Waals surface area contributed by atoms with Crippen LogP contribution in [0.15, 0.2) is 12.1 Å². The molecule has 0 bridgehead atoms. The Hall–Kier alpha value is -3.42. The molecule has 8 nitrogen and oxygen atoms in total. The van der Waals surface area contributed by atoms with Gasteiger partial charge in [-0.15, -0.1) is 0 Å². The highest BCUT2D eigenvalue weighted by atomic mass is 16.8. The van der Waals surface area contributed by atoms with Gasteiger partial charge in [0.15, 0.2) is 5.78 Å². The Bertz CT molecular complexity index is 1190. The molecule has 3 rings (SSSR count). The fraction of sp³-hybridized carbons (Fsp3) is 0.533. The van der Waals surface area contributed by atoms with Gasteiger partial charge in [-0.1, -0.05) is 13.3 Å². The number of rotatable bonds is 12. The number of phenolic OH excluding ortho intramolecular Hbond substituents is 1. The lowest BCUT2D eigenvalue weighted by Gasteiger charge is -2.36. The zero-order valence-electron chi connectivity index (χ0n) is 23.4. The van der Waals surface area contributed by atoms with Crippen LogP contribution in [0.2, 0.25) is 0 Å². The van der Waals surface area contributed by atoms with E-state index < -0.39 is 11.9 Å². The summed E-state index contributed by atoms with van der Waals surface area (Å²) in [5.74, 6) is 0.843. The molecule has 1 atom stereocenters. The van der Waals surface area contributed by atoms with E-state index in [4.69, 9.17) is 24.1 Å². The normalized spacial score (nSPS) is 16.4.